The molecule has 32 heavy (non-hydrogen) atoms. The molecule has 4 rings (SSSR count). The molecule has 0 bridgehead atoms. The third-order valence-corrected chi connectivity index (χ3v) is 6.01. The zero-order valence-corrected chi connectivity index (χ0v) is 18.6. The highest BCUT2D eigenvalue weighted by molar-refractivity contribution is 7.06. The van der Waals surface area contributed by atoms with Crippen LogP contribution < -0.4 is 15.0 Å². The van der Waals surface area contributed by atoms with Crippen LogP contribution in [0, 0.1) is 18.3 Å². The number of pyridine rings is 2. The summed E-state index contributed by atoms with van der Waals surface area (Å²) in [5, 5.41) is 12.0. The molecule has 0 atom stereocenters. The fourth-order valence-electron chi connectivity index (χ4n) is 3.43. The number of nitriles is 1. The van der Waals surface area contributed by atoms with Crippen LogP contribution in [0.4, 0.5) is 11.5 Å². The Hall–Kier alpha value is -3.55. The first kappa shape index (κ1) is 21.7. The number of nitrogens with one attached hydrogen (secondary N) is 1. The van der Waals surface area contributed by atoms with Gasteiger partial charge in [0, 0.05) is 42.3 Å². The van der Waals surface area contributed by atoms with Gasteiger partial charge >= 0.3 is 0 Å². The van der Waals surface area contributed by atoms with Gasteiger partial charge in [0.05, 0.1) is 42.8 Å². The van der Waals surface area contributed by atoms with Crippen LogP contribution in [0.1, 0.15) is 32.2 Å². The fourth-order valence-corrected chi connectivity index (χ4v) is 4.31. The maximum absolute atomic E-state index is 13.3. The molecule has 3 aromatic heterocycles. The highest BCUT2D eigenvalue weighted by Crippen LogP contribution is 2.29. The van der Waals surface area contributed by atoms with E-state index in [4.69, 9.17) is 14.7 Å². The molecule has 0 saturated carbocycles. The number of aryl methyl sites for hydroxylation is 1. The van der Waals surface area contributed by atoms with Gasteiger partial charge in [-0.25, -0.2) is 0 Å². The van der Waals surface area contributed by atoms with E-state index in [0.717, 1.165) is 10.6 Å². The van der Waals surface area contributed by atoms with Crippen molar-refractivity contribution in [3.63, 3.8) is 0 Å². The average molecular weight is 451 g/mol. The standard InChI is InChI=1S/C22H22N6O3S/c1-14-20(18(32-27-14)11-16-4-3-15(12-23)13-24-16)22(29)25-17-5-6-19(30-2)26-21(17)28-7-9-31-10-8-28/h3-6,13H,7-11H2,1-2H3,(H,25,29). The minimum Gasteiger partial charge on any atom is -0.481 e. The van der Waals surface area contributed by atoms with Crippen molar-refractivity contribution in [2.45, 2.75) is 13.3 Å². The lowest BCUT2D eigenvalue weighted by atomic mass is 10.1. The van der Waals surface area contributed by atoms with Crippen LogP contribution in [0.15, 0.2) is 30.5 Å². The van der Waals surface area contributed by atoms with E-state index in [1.54, 1.807) is 31.4 Å². The van der Waals surface area contributed by atoms with Gasteiger partial charge in [0.25, 0.3) is 5.91 Å². The molecule has 10 heteroatoms. The van der Waals surface area contributed by atoms with Gasteiger partial charge in [-0.15, -0.1) is 0 Å². The summed E-state index contributed by atoms with van der Waals surface area (Å²) in [6.07, 6.45) is 1.98. The third-order valence-electron chi connectivity index (χ3n) is 5.07. The minimum absolute atomic E-state index is 0.249. The number of aromatic nitrogens is 3. The third kappa shape index (κ3) is 4.69. The zero-order valence-electron chi connectivity index (χ0n) is 17.8. The minimum atomic E-state index is -0.249. The second-order valence-electron chi connectivity index (χ2n) is 7.17. The molecule has 1 aliphatic heterocycles. The van der Waals surface area contributed by atoms with Gasteiger partial charge < -0.3 is 19.7 Å². The largest absolute Gasteiger partial charge is 0.481 e. The molecule has 1 amide bonds. The SMILES string of the molecule is COc1ccc(NC(=O)c2c(C)nsc2Cc2ccc(C#N)cn2)c(N2CCOCC2)n1. The molecular weight excluding hydrogens is 428 g/mol. The van der Waals surface area contributed by atoms with Crippen LogP contribution in [0.2, 0.25) is 0 Å². The Labute approximate surface area is 189 Å². The van der Waals surface area contributed by atoms with Crippen molar-refractivity contribution in [1.82, 2.24) is 14.3 Å². The van der Waals surface area contributed by atoms with Gasteiger partial charge in [-0.1, -0.05) is 0 Å². The number of ether oxygens (including phenoxy) is 2. The number of hydrogen-bond acceptors (Lipinski definition) is 9. The monoisotopic (exact) mass is 450 g/mol. The number of nitrogens with zero attached hydrogens (tertiary/aromatic N) is 5. The van der Waals surface area contributed by atoms with E-state index >= 15 is 0 Å². The number of amides is 1. The van der Waals surface area contributed by atoms with E-state index in [0.29, 0.717) is 66.9 Å². The van der Waals surface area contributed by atoms with Crippen LogP contribution in [-0.2, 0) is 11.2 Å². The number of anilines is 2. The second-order valence-corrected chi connectivity index (χ2v) is 8.03. The van der Waals surface area contributed by atoms with E-state index in [1.807, 2.05) is 6.92 Å². The Bertz CT molecular complexity index is 1150. The summed E-state index contributed by atoms with van der Waals surface area (Å²) in [7, 11) is 1.56. The van der Waals surface area contributed by atoms with Crippen LogP contribution in [0.3, 0.4) is 0 Å². The predicted octanol–water partition coefficient (Wildman–Crippen LogP) is 2.80. The number of carbonyl (C=O) groups is 1. The summed E-state index contributed by atoms with van der Waals surface area (Å²) in [6.45, 7) is 4.37. The normalized spacial score (nSPS) is 13.5. The van der Waals surface area contributed by atoms with E-state index in [9.17, 15) is 4.79 Å². The number of morpholine rings is 1. The molecule has 1 aliphatic rings. The summed E-state index contributed by atoms with van der Waals surface area (Å²) in [4.78, 5) is 25.0. The number of carbonyl (C=O) groups excluding carboxylic acids is 1. The van der Waals surface area contributed by atoms with Crippen molar-refractivity contribution >= 4 is 28.9 Å². The quantitative estimate of drug-likeness (QED) is 0.610. The molecule has 9 nitrogen and oxygen atoms in total. The van der Waals surface area contributed by atoms with Gasteiger partial charge in [0.1, 0.15) is 6.07 Å². The van der Waals surface area contributed by atoms with Crippen molar-refractivity contribution in [3.8, 4) is 11.9 Å². The second kappa shape index (κ2) is 9.72. The molecule has 0 aliphatic carbocycles. The molecule has 0 radical (unpaired) electrons. The molecule has 4 heterocycles. The highest BCUT2D eigenvalue weighted by atomic mass is 32.1. The number of rotatable bonds is 6. The van der Waals surface area contributed by atoms with Crippen molar-refractivity contribution in [2.24, 2.45) is 0 Å². The Morgan fingerprint density at radius 3 is 2.81 bits per heavy atom. The first-order valence-electron chi connectivity index (χ1n) is 10.1. The zero-order chi connectivity index (χ0) is 22.5. The van der Waals surface area contributed by atoms with Gasteiger partial charge in [0.15, 0.2) is 5.82 Å². The van der Waals surface area contributed by atoms with Gasteiger partial charge in [-0.05, 0) is 36.7 Å². The van der Waals surface area contributed by atoms with Crippen molar-refractivity contribution in [2.75, 3.05) is 43.6 Å². The molecular formula is C22H22N6O3S. The summed E-state index contributed by atoms with van der Waals surface area (Å²) in [5.41, 5.74) is 3.05. The van der Waals surface area contributed by atoms with Crippen molar-refractivity contribution in [3.05, 3.63) is 57.9 Å². The molecule has 1 N–H and O–H groups in total. The molecule has 0 aromatic carbocycles. The Kier molecular flexibility index (Phi) is 6.58. The molecule has 3 aromatic rings. The van der Waals surface area contributed by atoms with E-state index < -0.39 is 0 Å². The fraction of sp³-hybridized carbons (Fsp3) is 0.318. The molecule has 1 fully saturated rings. The number of hydrogen-bond donors (Lipinski definition) is 1. The smallest absolute Gasteiger partial charge is 0.258 e. The maximum atomic E-state index is 13.3. The van der Waals surface area contributed by atoms with Crippen LogP contribution >= 0.6 is 11.5 Å². The Morgan fingerprint density at radius 1 is 1.31 bits per heavy atom. The summed E-state index contributed by atoms with van der Waals surface area (Å²) >= 11 is 1.28. The maximum Gasteiger partial charge on any atom is 0.258 e. The van der Waals surface area contributed by atoms with E-state index in [1.165, 1.54) is 17.7 Å². The van der Waals surface area contributed by atoms with Crippen molar-refractivity contribution in [1.29, 1.82) is 5.26 Å². The lowest BCUT2D eigenvalue weighted by Crippen LogP contribution is -2.37. The lowest BCUT2D eigenvalue weighted by Gasteiger charge is -2.29. The van der Waals surface area contributed by atoms with Crippen LogP contribution in [0.5, 0.6) is 5.88 Å². The molecule has 0 spiro atoms. The predicted molar refractivity (Wildman–Crippen MR) is 120 cm³/mol. The molecule has 1 saturated heterocycles. The summed E-state index contributed by atoms with van der Waals surface area (Å²) in [6, 6.07) is 9.08. The first-order chi connectivity index (χ1) is 15.6. The first-order valence-corrected chi connectivity index (χ1v) is 10.9. The Balaban J connectivity index is 1.59. The summed E-state index contributed by atoms with van der Waals surface area (Å²) < 4.78 is 15.1. The van der Waals surface area contributed by atoms with E-state index in [-0.39, 0.29) is 5.91 Å². The average Bonchev–Trinajstić information content (AvgIpc) is 3.20. The molecule has 0 unspecified atom stereocenters. The van der Waals surface area contributed by atoms with Gasteiger partial charge in [-0.3, -0.25) is 9.78 Å². The topological polar surface area (TPSA) is 113 Å². The van der Waals surface area contributed by atoms with Crippen LogP contribution in [-0.4, -0.2) is 53.7 Å². The van der Waals surface area contributed by atoms with Gasteiger partial charge in [0.2, 0.25) is 5.88 Å². The van der Waals surface area contributed by atoms with Crippen LogP contribution in [0.25, 0.3) is 0 Å². The molecule has 164 valence electrons. The lowest BCUT2D eigenvalue weighted by molar-refractivity contribution is 0.102. The summed E-state index contributed by atoms with van der Waals surface area (Å²) in [5.74, 6) is 0.879. The van der Waals surface area contributed by atoms with Gasteiger partial charge in [-0.2, -0.15) is 14.6 Å². The Morgan fingerprint density at radius 2 is 2.12 bits per heavy atom. The number of methoxy groups -OCH3 is 1. The highest BCUT2D eigenvalue weighted by Gasteiger charge is 2.23. The van der Waals surface area contributed by atoms with E-state index in [2.05, 4.69) is 30.6 Å². The van der Waals surface area contributed by atoms with Crippen molar-refractivity contribution < 1.29 is 14.3 Å².